The number of esters is 1. The van der Waals surface area contributed by atoms with Crippen LogP contribution in [-0.4, -0.2) is 23.1 Å². The Labute approximate surface area is 195 Å². The molecule has 1 N–H and O–H groups in total. The van der Waals surface area contributed by atoms with Crippen molar-refractivity contribution in [2.45, 2.75) is 45.4 Å². The third kappa shape index (κ3) is 6.73. The maximum absolute atomic E-state index is 14.7. The van der Waals surface area contributed by atoms with E-state index in [1.807, 2.05) is 0 Å². The molecule has 0 bridgehead atoms. The highest BCUT2D eigenvalue weighted by atomic mass is 79.9. The topological polar surface area (TPSA) is 90.7 Å². The molecule has 0 unspecified atom stereocenters. The van der Waals surface area contributed by atoms with Crippen LogP contribution in [0.25, 0.3) is 0 Å². The SMILES string of the molecule is CC(C)(C)OC(=O)C[C@@H](Nc1c([N+](=O)[O-])ccc(Cl)c1F)c1c(Br)cccc1OC(F)F. The molecule has 0 amide bonds. The molecule has 0 heterocycles. The smallest absolute Gasteiger partial charge is 0.387 e. The van der Waals surface area contributed by atoms with Crippen LogP contribution in [0.5, 0.6) is 5.75 Å². The number of hydrogen-bond acceptors (Lipinski definition) is 6. The number of nitrogens with one attached hydrogen (secondary N) is 1. The Morgan fingerprint density at radius 3 is 2.50 bits per heavy atom. The van der Waals surface area contributed by atoms with Crippen LogP contribution in [0.3, 0.4) is 0 Å². The molecule has 0 radical (unpaired) electrons. The summed E-state index contributed by atoms with van der Waals surface area (Å²) in [7, 11) is 0. The van der Waals surface area contributed by atoms with Crippen molar-refractivity contribution in [2.75, 3.05) is 5.32 Å². The van der Waals surface area contributed by atoms with Crippen molar-refractivity contribution in [3.05, 3.63) is 61.3 Å². The second-order valence-corrected chi connectivity index (χ2v) is 8.79. The molecule has 32 heavy (non-hydrogen) atoms. The summed E-state index contributed by atoms with van der Waals surface area (Å²) >= 11 is 8.99. The fourth-order valence-electron chi connectivity index (χ4n) is 2.83. The summed E-state index contributed by atoms with van der Waals surface area (Å²) in [5, 5.41) is 13.6. The van der Waals surface area contributed by atoms with Crippen LogP contribution in [0.1, 0.15) is 38.8 Å². The lowest BCUT2D eigenvalue weighted by Gasteiger charge is -2.26. The third-order valence-electron chi connectivity index (χ3n) is 3.96. The number of ether oxygens (including phenoxy) is 2. The predicted molar refractivity (Wildman–Crippen MR) is 116 cm³/mol. The summed E-state index contributed by atoms with van der Waals surface area (Å²) < 4.78 is 50.8. The summed E-state index contributed by atoms with van der Waals surface area (Å²) in [6.07, 6.45) is -0.497. The lowest BCUT2D eigenvalue weighted by atomic mass is 10.0. The molecule has 2 aromatic rings. The Kier molecular flexibility index (Phi) is 8.35. The number of halogens is 5. The van der Waals surface area contributed by atoms with Crippen molar-refractivity contribution >= 4 is 44.9 Å². The molecule has 0 aliphatic rings. The van der Waals surface area contributed by atoms with Crippen LogP contribution in [0.15, 0.2) is 34.8 Å². The summed E-state index contributed by atoms with van der Waals surface area (Å²) in [5.41, 5.74) is -2.14. The van der Waals surface area contributed by atoms with Gasteiger partial charge in [-0.25, -0.2) is 4.39 Å². The molecule has 0 saturated heterocycles. The molecule has 2 aromatic carbocycles. The quantitative estimate of drug-likeness (QED) is 0.230. The molecule has 7 nitrogen and oxygen atoms in total. The first kappa shape index (κ1) is 25.7. The summed E-state index contributed by atoms with van der Waals surface area (Å²) in [6.45, 7) is 1.68. The number of alkyl halides is 2. The number of benzene rings is 2. The minimum absolute atomic E-state index is 0.00679. The van der Waals surface area contributed by atoms with Crippen LogP contribution in [0.2, 0.25) is 5.02 Å². The van der Waals surface area contributed by atoms with E-state index < -0.39 is 57.8 Å². The van der Waals surface area contributed by atoms with Crippen molar-refractivity contribution in [3.8, 4) is 5.75 Å². The minimum atomic E-state index is -3.19. The monoisotopic (exact) mass is 538 g/mol. The summed E-state index contributed by atoms with van der Waals surface area (Å²) in [4.78, 5) is 23.1. The number of nitrogens with zero attached hydrogens (tertiary/aromatic N) is 1. The highest BCUT2D eigenvalue weighted by molar-refractivity contribution is 9.10. The van der Waals surface area contributed by atoms with Crippen molar-refractivity contribution < 1.29 is 32.4 Å². The van der Waals surface area contributed by atoms with E-state index >= 15 is 0 Å². The molecule has 0 saturated carbocycles. The minimum Gasteiger partial charge on any atom is -0.460 e. The Bertz CT molecular complexity index is 1020. The normalized spacial score (nSPS) is 12.4. The largest absolute Gasteiger partial charge is 0.460 e. The molecule has 0 aromatic heterocycles. The van der Waals surface area contributed by atoms with Crippen LogP contribution in [-0.2, 0) is 9.53 Å². The molecule has 1 atom stereocenters. The van der Waals surface area contributed by atoms with Gasteiger partial charge in [-0.15, -0.1) is 0 Å². The second kappa shape index (κ2) is 10.4. The van der Waals surface area contributed by atoms with Gasteiger partial charge in [-0.3, -0.25) is 14.9 Å². The molecule has 0 fully saturated rings. The fraction of sp³-hybridized carbons (Fsp3) is 0.350. The first-order chi connectivity index (χ1) is 14.8. The van der Waals surface area contributed by atoms with Gasteiger partial charge in [0.05, 0.1) is 22.4 Å². The van der Waals surface area contributed by atoms with E-state index in [2.05, 4.69) is 26.0 Å². The van der Waals surface area contributed by atoms with Gasteiger partial charge in [-0.2, -0.15) is 8.78 Å². The molecular weight excluding hydrogens is 521 g/mol. The first-order valence-corrected chi connectivity index (χ1v) is 10.3. The van der Waals surface area contributed by atoms with E-state index in [1.54, 1.807) is 20.8 Å². The molecule has 0 aliphatic heterocycles. The Balaban J connectivity index is 2.62. The summed E-state index contributed by atoms with van der Waals surface area (Å²) in [5.74, 6) is -2.22. The van der Waals surface area contributed by atoms with Crippen molar-refractivity contribution in [3.63, 3.8) is 0 Å². The van der Waals surface area contributed by atoms with Gasteiger partial charge in [-0.05, 0) is 39.0 Å². The van der Waals surface area contributed by atoms with Crippen molar-refractivity contribution in [1.29, 1.82) is 0 Å². The number of rotatable bonds is 8. The lowest BCUT2D eigenvalue weighted by Crippen LogP contribution is -2.27. The maximum Gasteiger partial charge on any atom is 0.387 e. The molecule has 174 valence electrons. The van der Waals surface area contributed by atoms with Crippen LogP contribution in [0.4, 0.5) is 24.5 Å². The number of hydrogen-bond donors (Lipinski definition) is 1. The van der Waals surface area contributed by atoms with Gasteiger partial charge in [0.25, 0.3) is 5.69 Å². The molecule has 12 heteroatoms. The molecule has 0 spiro atoms. The van der Waals surface area contributed by atoms with Gasteiger partial charge in [-0.1, -0.05) is 33.6 Å². The standard InChI is InChI=1S/C20H19BrClF3N2O5/c1-20(2,3)32-15(28)9-12(16-10(21)5-4-6-14(16)31-19(24)25)26-18-13(27(29)30)8-7-11(22)17(18)23/h4-8,12,19,26H,9H2,1-3H3/t12-/m1/s1. The van der Waals surface area contributed by atoms with Gasteiger partial charge in [0.2, 0.25) is 0 Å². The Hall–Kier alpha value is -2.53. The Morgan fingerprint density at radius 2 is 1.94 bits per heavy atom. The highest BCUT2D eigenvalue weighted by Gasteiger charge is 2.30. The van der Waals surface area contributed by atoms with E-state index in [0.29, 0.717) is 0 Å². The highest BCUT2D eigenvalue weighted by Crippen LogP contribution is 2.41. The van der Waals surface area contributed by atoms with Crippen LogP contribution in [0, 0.1) is 15.9 Å². The van der Waals surface area contributed by atoms with Crippen molar-refractivity contribution in [2.24, 2.45) is 0 Å². The first-order valence-electron chi connectivity index (χ1n) is 9.14. The average molecular weight is 540 g/mol. The molecular formula is C20H19BrClF3N2O5. The third-order valence-corrected chi connectivity index (χ3v) is 4.94. The number of carbonyl (C=O) groups excluding carboxylic acids is 1. The van der Waals surface area contributed by atoms with E-state index in [0.717, 1.165) is 12.1 Å². The number of carbonyl (C=O) groups is 1. The van der Waals surface area contributed by atoms with Gasteiger partial charge in [0, 0.05) is 16.1 Å². The Morgan fingerprint density at radius 1 is 1.28 bits per heavy atom. The molecule has 2 rings (SSSR count). The van der Waals surface area contributed by atoms with Crippen LogP contribution < -0.4 is 10.1 Å². The molecule has 0 aliphatic carbocycles. The number of nitro groups is 1. The number of anilines is 1. The van der Waals surface area contributed by atoms with Gasteiger partial charge in [0.1, 0.15) is 11.4 Å². The van der Waals surface area contributed by atoms with Crippen LogP contribution >= 0.6 is 27.5 Å². The fourth-order valence-corrected chi connectivity index (χ4v) is 3.62. The lowest BCUT2D eigenvalue weighted by molar-refractivity contribution is -0.384. The second-order valence-electron chi connectivity index (χ2n) is 7.53. The van der Waals surface area contributed by atoms with E-state index in [1.165, 1.54) is 18.2 Å². The zero-order valence-electron chi connectivity index (χ0n) is 17.1. The maximum atomic E-state index is 14.7. The zero-order valence-corrected chi connectivity index (χ0v) is 19.5. The van der Waals surface area contributed by atoms with Gasteiger partial charge in [0.15, 0.2) is 11.5 Å². The van der Waals surface area contributed by atoms with E-state index in [4.69, 9.17) is 16.3 Å². The number of nitro benzene ring substituents is 1. The zero-order chi connectivity index (χ0) is 24.2. The van der Waals surface area contributed by atoms with Gasteiger partial charge < -0.3 is 14.8 Å². The van der Waals surface area contributed by atoms with E-state index in [9.17, 15) is 28.1 Å². The summed E-state index contributed by atoms with van der Waals surface area (Å²) in [6, 6.07) is 4.85. The van der Waals surface area contributed by atoms with Crippen molar-refractivity contribution in [1.82, 2.24) is 0 Å². The van der Waals surface area contributed by atoms with Gasteiger partial charge >= 0.3 is 12.6 Å². The average Bonchev–Trinajstić information content (AvgIpc) is 2.63. The predicted octanol–water partition coefficient (Wildman–Crippen LogP) is 6.64. The van der Waals surface area contributed by atoms with E-state index in [-0.39, 0.29) is 15.8 Å².